The molecule has 4 heteroatoms. The summed E-state index contributed by atoms with van der Waals surface area (Å²) < 4.78 is 0. The van der Waals surface area contributed by atoms with Crippen molar-refractivity contribution in [2.75, 3.05) is 12.3 Å². The standard InChI is InChI=1S/C10H8N2OS/c13-9-6-14-10-7-2-1-4-11-8(7)3-5-12(9)10/h1-4H,5-6H2. The smallest absolute Gasteiger partial charge is 0.238 e. The molecule has 14 heavy (non-hydrogen) atoms. The van der Waals surface area contributed by atoms with E-state index in [9.17, 15) is 4.79 Å². The van der Waals surface area contributed by atoms with Crippen LogP contribution < -0.4 is 10.6 Å². The molecule has 1 aromatic rings. The Hall–Kier alpha value is -1.29. The van der Waals surface area contributed by atoms with Gasteiger partial charge in [-0.1, -0.05) is 11.8 Å². The van der Waals surface area contributed by atoms with E-state index in [4.69, 9.17) is 0 Å². The number of thioether (sulfide) groups is 1. The summed E-state index contributed by atoms with van der Waals surface area (Å²) >= 11 is 1.61. The molecule has 1 saturated heterocycles. The molecule has 1 aromatic heterocycles. The van der Waals surface area contributed by atoms with Crippen molar-refractivity contribution in [1.29, 1.82) is 0 Å². The summed E-state index contributed by atoms with van der Waals surface area (Å²) in [6.45, 7) is 0.672. The van der Waals surface area contributed by atoms with Gasteiger partial charge in [-0.2, -0.15) is 0 Å². The van der Waals surface area contributed by atoms with Crippen LogP contribution in [0.4, 0.5) is 0 Å². The molecule has 0 saturated carbocycles. The maximum absolute atomic E-state index is 11.5. The van der Waals surface area contributed by atoms with E-state index in [1.165, 1.54) is 0 Å². The van der Waals surface area contributed by atoms with E-state index in [1.807, 2.05) is 23.1 Å². The summed E-state index contributed by atoms with van der Waals surface area (Å²) in [5.41, 5.74) is 0. The second-order valence-electron chi connectivity index (χ2n) is 3.24. The van der Waals surface area contributed by atoms with Gasteiger partial charge in [0.25, 0.3) is 0 Å². The van der Waals surface area contributed by atoms with Crippen LogP contribution in [0.5, 0.6) is 0 Å². The van der Waals surface area contributed by atoms with E-state index in [-0.39, 0.29) is 5.91 Å². The van der Waals surface area contributed by atoms with E-state index in [1.54, 1.807) is 18.0 Å². The first-order chi connectivity index (χ1) is 6.86. The van der Waals surface area contributed by atoms with Crippen LogP contribution in [0.25, 0.3) is 11.1 Å². The SMILES string of the molecule is O=C1CSC2=c3cccnc3=CCN12. The molecule has 0 N–H and O–H groups in total. The number of rotatable bonds is 0. The zero-order valence-electron chi connectivity index (χ0n) is 7.43. The Morgan fingerprint density at radius 2 is 2.43 bits per heavy atom. The highest BCUT2D eigenvalue weighted by Gasteiger charge is 2.27. The molecule has 0 aliphatic carbocycles. The molecular weight excluding hydrogens is 196 g/mol. The lowest BCUT2D eigenvalue weighted by Crippen LogP contribution is -2.40. The second kappa shape index (κ2) is 2.85. The number of hydrogen-bond acceptors (Lipinski definition) is 3. The average molecular weight is 204 g/mol. The van der Waals surface area contributed by atoms with Crippen LogP contribution in [0, 0.1) is 0 Å². The average Bonchev–Trinajstić information content (AvgIpc) is 2.61. The summed E-state index contributed by atoms with van der Waals surface area (Å²) in [7, 11) is 0. The van der Waals surface area contributed by atoms with Gasteiger partial charge in [0.05, 0.1) is 16.1 Å². The third kappa shape index (κ3) is 1.00. The number of pyridine rings is 1. The number of carbonyl (C=O) groups is 1. The van der Waals surface area contributed by atoms with Crippen LogP contribution in [0.1, 0.15) is 0 Å². The lowest BCUT2D eigenvalue weighted by atomic mass is 10.2. The van der Waals surface area contributed by atoms with Crippen LogP contribution >= 0.6 is 11.8 Å². The first-order valence-corrected chi connectivity index (χ1v) is 5.43. The van der Waals surface area contributed by atoms with Crippen LogP contribution in [0.15, 0.2) is 18.3 Å². The fourth-order valence-corrected chi connectivity index (χ4v) is 2.82. The molecule has 0 spiro atoms. The number of nitrogens with zero attached hydrogens (tertiary/aromatic N) is 2. The number of fused-ring (bicyclic) bond motifs is 2. The molecule has 3 heterocycles. The molecular formula is C10H8N2OS. The quantitative estimate of drug-likeness (QED) is 0.572. The van der Waals surface area contributed by atoms with Crippen LogP contribution in [0.2, 0.25) is 0 Å². The van der Waals surface area contributed by atoms with Gasteiger partial charge >= 0.3 is 0 Å². The van der Waals surface area contributed by atoms with E-state index >= 15 is 0 Å². The Morgan fingerprint density at radius 3 is 3.36 bits per heavy atom. The van der Waals surface area contributed by atoms with Crippen molar-refractivity contribution >= 4 is 28.8 Å². The van der Waals surface area contributed by atoms with Gasteiger partial charge in [0.1, 0.15) is 0 Å². The van der Waals surface area contributed by atoms with Gasteiger partial charge in [-0.3, -0.25) is 9.78 Å². The van der Waals surface area contributed by atoms with E-state index in [0.29, 0.717) is 12.3 Å². The minimum absolute atomic E-state index is 0.204. The van der Waals surface area contributed by atoms with E-state index < -0.39 is 0 Å². The van der Waals surface area contributed by atoms with Crippen molar-refractivity contribution < 1.29 is 4.79 Å². The Labute approximate surface area is 85.1 Å². The van der Waals surface area contributed by atoms with Crippen LogP contribution in [-0.2, 0) is 4.79 Å². The summed E-state index contributed by atoms with van der Waals surface area (Å²) in [4.78, 5) is 17.6. The lowest BCUT2D eigenvalue weighted by Gasteiger charge is -2.17. The fraction of sp³-hybridized carbons (Fsp3) is 0.200. The van der Waals surface area contributed by atoms with Gasteiger partial charge in [-0.15, -0.1) is 0 Å². The first-order valence-electron chi connectivity index (χ1n) is 4.45. The largest absolute Gasteiger partial charge is 0.302 e. The van der Waals surface area contributed by atoms with Gasteiger partial charge in [0.2, 0.25) is 5.91 Å². The summed E-state index contributed by atoms with van der Waals surface area (Å²) in [6, 6.07) is 3.93. The molecule has 0 radical (unpaired) electrons. The van der Waals surface area contributed by atoms with Crippen molar-refractivity contribution in [3.05, 3.63) is 28.9 Å². The van der Waals surface area contributed by atoms with Crippen molar-refractivity contribution in [3.8, 4) is 0 Å². The predicted molar refractivity (Wildman–Crippen MR) is 55.5 cm³/mol. The van der Waals surface area contributed by atoms with Gasteiger partial charge in [-0.05, 0) is 18.2 Å². The fourth-order valence-electron chi connectivity index (χ4n) is 1.75. The maximum Gasteiger partial charge on any atom is 0.238 e. The van der Waals surface area contributed by atoms with Crippen molar-refractivity contribution in [3.63, 3.8) is 0 Å². The van der Waals surface area contributed by atoms with E-state index in [2.05, 4.69) is 4.98 Å². The summed E-state index contributed by atoms with van der Waals surface area (Å²) in [5.74, 6) is 0.771. The summed E-state index contributed by atoms with van der Waals surface area (Å²) in [5, 5.41) is 3.16. The number of amides is 1. The molecule has 0 atom stereocenters. The maximum atomic E-state index is 11.5. The highest BCUT2D eigenvalue weighted by Crippen LogP contribution is 2.28. The van der Waals surface area contributed by atoms with Gasteiger partial charge in [-0.25, -0.2) is 0 Å². The third-order valence-corrected chi connectivity index (χ3v) is 3.52. The normalized spacial score (nSPS) is 19.0. The predicted octanol–water partition coefficient (Wildman–Crippen LogP) is -0.483. The third-order valence-electron chi connectivity index (χ3n) is 2.41. The Balaban J connectivity index is 2.36. The zero-order valence-corrected chi connectivity index (χ0v) is 8.25. The van der Waals surface area contributed by atoms with Crippen molar-refractivity contribution in [1.82, 2.24) is 9.88 Å². The van der Waals surface area contributed by atoms with E-state index in [0.717, 1.165) is 15.6 Å². The van der Waals surface area contributed by atoms with Gasteiger partial charge < -0.3 is 4.90 Å². The van der Waals surface area contributed by atoms with Crippen LogP contribution in [0.3, 0.4) is 0 Å². The molecule has 2 aliphatic rings. The molecule has 0 unspecified atom stereocenters. The monoisotopic (exact) mass is 204 g/mol. The minimum Gasteiger partial charge on any atom is -0.302 e. The molecule has 3 nitrogen and oxygen atoms in total. The Kier molecular flexibility index (Phi) is 1.64. The number of carbonyl (C=O) groups excluding carboxylic acids is 1. The lowest BCUT2D eigenvalue weighted by molar-refractivity contribution is -0.124. The Bertz CT molecular complexity index is 523. The molecule has 70 valence electrons. The molecule has 2 aliphatic heterocycles. The highest BCUT2D eigenvalue weighted by molar-refractivity contribution is 8.09. The highest BCUT2D eigenvalue weighted by atomic mass is 32.2. The first kappa shape index (κ1) is 8.05. The summed E-state index contributed by atoms with van der Waals surface area (Å²) in [6.07, 6.45) is 3.79. The van der Waals surface area contributed by atoms with Crippen molar-refractivity contribution in [2.45, 2.75) is 0 Å². The van der Waals surface area contributed by atoms with Gasteiger partial charge in [0, 0.05) is 18.0 Å². The zero-order chi connectivity index (χ0) is 9.54. The topological polar surface area (TPSA) is 33.2 Å². The molecule has 3 rings (SSSR count). The van der Waals surface area contributed by atoms with Crippen molar-refractivity contribution in [2.24, 2.45) is 0 Å². The van der Waals surface area contributed by atoms with Gasteiger partial charge in [0.15, 0.2) is 0 Å². The number of hydrogen-bond donors (Lipinski definition) is 0. The second-order valence-corrected chi connectivity index (χ2v) is 4.20. The number of aromatic nitrogens is 1. The van der Waals surface area contributed by atoms with Crippen LogP contribution in [-0.4, -0.2) is 28.1 Å². The minimum atomic E-state index is 0.204. The molecule has 0 aromatic carbocycles. The Morgan fingerprint density at radius 1 is 1.50 bits per heavy atom. The molecule has 1 fully saturated rings. The molecule has 1 amide bonds. The molecule has 0 bridgehead atoms.